The Balaban J connectivity index is 1.69. The predicted octanol–water partition coefficient (Wildman–Crippen LogP) is 2.50. The Morgan fingerprint density at radius 2 is 2.21 bits per heavy atom. The molecule has 1 atom stereocenters. The highest BCUT2D eigenvalue weighted by molar-refractivity contribution is 5.89. The fourth-order valence-corrected chi connectivity index (χ4v) is 2.68. The molecule has 0 spiro atoms. The lowest BCUT2D eigenvalue weighted by atomic mass is 10.2. The number of hydrogen-bond donors (Lipinski definition) is 1. The number of ether oxygens (including phenoxy) is 2. The molecule has 1 fully saturated rings. The number of carbonyl (C=O) groups excluding carboxylic acids is 1. The maximum Gasteiger partial charge on any atom is 0.322 e. The molecule has 1 saturated heterocycles. The molecular formula is C17H20FN3O3. The molecule has 1 aromatic heterocycles. The minimum Gasteiger partial charge on any atom is -0.382 e. The van der Waals surface area contributed by atoms with Crippen LogP contribution in [0.5, 0.6) is 0 Å². The van der Waals surface area contributed by atoms with Gasteiger partial charge in [-0.3, -0.25) is 0 Å². The van der Waals surface area contributed by atoms with Crippen molar-refractivity contribution in [1.29, 1.82) is 0 Å². The summed E-state index contributed by atoms with van der Waals surface area (Å²) < 4.78 is 26.3. The normalized spacial score (nSPS) is 17.8. The number of nitrogens with zero attached hydrogens (tertiary/aromatic N) is 2. The number of benzene rings is 1. The number of methoxy groups -OCH3 is 1. The second-order valence-corrected chi connectivity index (χ2v) is 5.58. The molecule has 2 heterocycles. The van der Waals surface area contributed by atoms with Crippen molar-refractivity contribution in [2.45, 2.75) is 6.10 Å². The van der Waals surface area contributed by atoms with Gasteiger partial charge < -0.3 is 24.3 Å². The van der Waals surface area contributed by atoms with Crippen molar-refractivity contribution in [3.63, 3.8) is 0 Å². The molecule has 0 unspecified atom stereocenters. The lowest BCUT2D eigenvalue weighted by Crippen LogP contribution is -2.48. The fourth-order valence-electron chi connectivity index (χ4n) is 2.68. The van der Waals surface area contributed by atoms with Crippen molar-refractivity contribution >= 4 is 11.7 Å². The smallest absolute Gasteiger partial charge is 0.322 e. The molecule has 24 heavy (non-hydrogen) atoms. The number of anilines is 1. The van der Waals surface area contributed by atoms with Gasteiger partial charge in [0.2, 0.25) is 0 Å². The van der Waals surface area contributed by atoms with Crippen LogP contribution < -0.4 is 5.32 Å². The molecule has 7 heteroatoms. The Morgan fingerprint density at radius 3 is 2.96 bits per heavy atom. The van der Waals surface area contributed by atoms with Crippen molar-refractivity contribution in [2.75, 3.05) is 38.7 Å². The van der Waals surface area contributed by atoms with E-state index in [9.17, 15) is 9.18 Å². The molecule has 0 saturated carbocycles. The molecule has 1 aliphatic rings. The van der Waals surface area contributed by atoms with Gasteiger partial charge in [-0.05, 0) is 30.3 Å². The van der Waals surface area contributed by atoms with Crippen LogP contribution in [0.1, 0.15) is 0 Å². The highest BCUT2D eigenvalue weighted by Gasteiger charge is 2.24. The molecular weight excluding hydrogens is 313 g/mol. The summed E-state index contributed by atoms with van der Waals surface area (Å²) in [5, 5.41) is 2.81. The highest BCUT2D eigenvalue weighted by Crippen LogP contribution is 2.19. The largest absolute Gasteiger partial charge is 0.382 e. The fraction of sp³-hybridized carbons (Fsp3) is 0.353. The minimum absolute atomic E-state index is 0.127. The summed E-state index contributed by atoms with van der Waals surface area (Å²) in [6.07, 6.45) is 3.38. The first kappa shape index (κ1) is 16.5. The molecule has 1 aliphatic heterocycles. The Kier molecular flexibility index (Phi) is 5.12. The summed E-state index contributed by atoms with van der Waals surface area (Å²) in [7, 11) is 1.60. The first-order chi connectivity index (χ1) is 11.7. The molecule has 3 rings (SSSR count). The van der Waals surface area contributed by atoms with E-state index < -0.39 is 0 Å². The molecule has 0 bridgehead atoms. The monoisotopic (exact) mass is 333 g/mol. The number of nitrogens with one attached hydrogen (secondary N) is 1. The molecule has 1 aromatic carbocycles. The van der Waals surface area contributed by atoms with Gasteiger partial charge >= 0.3 is 6.03 Å². The molecule has 128 valence electrons. The van der Waals surface area contributed by atoms with E-state index in [0.29, 0.717) is 37.7 Å². The van der Waals surface area contributed by atoms with Gasteiger partial charge in [-0.2, -0.15) is 0 Å². The third-order valence-corrected chi connectivity index (χ3v) is 3.86. The van der Waals surface area contributed by atoms with Crippen LogP contribution in [-0.4, -0.2) is 55.0 Å². The van der Waals surface area contributed by atoms with E-state index in [1.165, 1.54) is 6.07 Å². The van der Waals surface area contributed by atoms with Crippen LogP contribution in [0.4, 0.5) is 14.9 Å². The van der Waals surface area contributed by atoms with Gasteiger partial charge in [0.1, 0.15) is 5.82 Å². The number of rotatable bonds is 4. The molecule has 0 radical (unpaired) electrons. The van der Waals surface area contributed by atoms with Crippen molar-refractivity contribution < 1.29 is 18.7 Å². The first-order valence-electron chi connectivity index (χ1n) is 7.77. The van der Waals surface area contributed by atoms with Crippen molar-refractivity contribution in [3.8, 4) is 5.69 Å². The average molecular weight is 333 g/mol. The number of urea groups is 1. The van der Waals surface area contributed by atoms with Crippen LogP contribution in [0.2, 0.25) is 0 Å². The van der Waals surface area contributed by atoms with E-state index in [0.717, 1.165) is 0 Å². The van der Waals surface area contributed by atoms with E-state index in [2.05, 4.69) is 5.32 Å². The van der Waals surface area contributed by atoms with Crippen LogP contribution in [0, 0.1) is 5.82 Å². The van der Waals surface area contributed by atoms with Crippen molar-refractivity contribution in [3.05, 3.63) is 48.5 Å². The first-order valence-corrected chi connectivity index (χ1v) is 7.77. The molecule has 2 amide bonds. The Hall–Kier alpha value is -2.38. The van der Waals surface area contributed by atoms with Crippen LogP contribution in [0.3, 0.4) is 0 Å². The quantitative estimate of drug-likeness (QED) is 0.935. The third kappa shape index (κ3) is 3.74. The van der Waals surface area contributed by atoms with Gasteiger partial charge in [0.25, 0.3) is 0 Å². The SMILES string of the molecule is COC[C@@H]1CN(C(=O)Nc2ccc(F)c(-n3cccc3)c2)CCO1. The van der Waals surface area contributed by atoms with E-state index >= 15 is 0 Å². The van der Waals surface area contributed by atoms with Crippen LogP contribution in [0.25, 0.3) is 5.69 Å². The third-order valence-electron chi connectivity index (χ3n) is 3.86. The lowest BCUT2D eigenvalue weighted by molar-refractivity contribution is -0.0481. The van der Waals surface area contributed by atoms with E-state index in [1.54, 1.807) is 41.1 Å². The van der Waals surface area contributed by atoms with Gasteiger partial charge in [-0.1, -0.05) is 0 Å². The molecule has 0 aliphatic carbocycles. The van der Waals surface area contributed by atoms with E-state index in [-0.39, 0.29) is 18.0 Å². The number of carbonyl (C=O) groups is 1. The minimum atomic E-state index is -0.351. The standard InChI is InChI=1S/C17H20FN3O3/c1-23-12-14-11-21(8-9-24-14)17(22)19-13-4-5-15(18)16(10-13)20-6-2-3-7-20/h2-7,10,14H,8-9,11-12H2,1H3,(H,19,22)/t14-/m0/s1. The van der Waals surface area contributed by atoms with E-state index in [1.807, 2.05) is 12.1 Å². The zero-order valence-corrected chi connectivity index (χ0v) is 13.4. The zero-order chi connectivity index (χ0) is 16.9. The highest BCUT2D eigenvalue weighted by atomic mass is 19.1. The second kappa shape index (κ2) is 7.46. The Bertz CT molecular complexity index is 688. The number of halogens is 1. The van der Waals surface area contributed by atoms with Gasteiger partial charge in [-0.25, -0.2) is 9.18 Å². The topological polar surface area (TPSA) is 55.7 Å². The van der Waals surface area contributed by atoms with Gasteiger partial charge in [0.05, 0.1) is 31.5 Å². The Morgan fingerprint density at radius 1 is 1.42 bits per heavy atom. The van der Waals surface area contributed by atoms with Gasteiger partial charge in [0, 0.05) is 31.7 Å². The summed E-state index contributed by atoms with van der Waals surface area (Å²) in [5.41, 5.74) is 0.928. The summed E-state index contributed by atoms with van der Waals surface area (Å²) in [4.78, 5) is 14.1. The second-order valence-electron chi connectivity index (χ2n) is 5.58. The lowest BCUT2D eigenvalue weighted by Gasteiger charge is -2.32. The summed E-state index contributed by atoms with van der Waals surface area (Å²) in [6.45, 7) is 1.89. The van der Waals surface area contributed by atoms with Crippen LogP contribution in [0.15, 0.2) is 42.7 Å². The zero-order valence-electron chi connectivity index (χ0n) is 13.4. The number of morpholine rings is 1. The van der Waals surface area contributed by atoms with E-state index in [4.69, 9.17) is 9.47 Å². The summed E-state index contributed by atoms with van der Waals surface area (Å²) in [5.74, 6) is -0.351. The van der Waals surface area contributed by atoms with Crippen molar-refractivity contribution in [1.82, 2.24) is 9.47 Å². The van der Waals surface area contributed by atoms with Crippen molar-refractivity contribution in [2.24, 2.45) is 0 Å². The Labute approximate surface area is 139 Å². The molecule has 1 N–H and O–H groups in total. The van der Waals surface area contributed by atoms with Crippen LogP contribution in [-0.2, 0) is 9.47 Å². The maximum absolute atomic E-state index is 14.0. The van der Waals surface area contributed by atoms with Crippen LogP contribution >= 0.6 is 0 Å². The number of aromatic nitrogens is 1. The number of hydrogen-bond acceptors (Lipinski definition) is 3. The number of amides is 2. The molecule has 2 aromatic rings. The van der Waals surface area contributed by atoms with Gasteiger partial charge in [-0.15, -0.1) is 0 Å². The average Bonchev–Trinajstić information content (AvgIpc) is 3.11. The maximum atomic E-state index is 14.0. The summed E-state index contributed by atoms with van der Waals surface area (Å²) in [6, 6.07) is 7.90. The van der Waals surface area contributed by atoms with Gasteiger partial charge in [0.15, 0.2) is 0 Å². The molecule has 6 nitrogen and oxygen atoms in total. The summed E-state index contributed by atoms with van der Waals surface area (Å²) >= 11 is 0. The predicted molar refractivity (Wildman–Crippen MR) is 87.9 cm³/mol.